The number of carboxylic acids is 1. The molecule has 18 heavy (non-hydrogen) atoms. The lowest BCUT2D eigenvalue weighted by atomic mass is 9.99. The number of carbonyl (C=O) groups is 1. The smallest absolute Gasteiger partial charge is 0.336 e. The second kappa shape index (κ2) is 4.53. The molecule has 0 saturated carbocycles. The summed E-state index contributed by atoms with van der Waals surface area (Å²) in [6, 6.07) is 2.48. The highest BCUT2D eigenvalue weighted by molar-refractivity contribution is 6.31. The molecule has 2 aromatic rings. The maximum Gasteiger partial charge on any atom is 0.336 e. The number of carboxylic acid groups (broad SMARTS) is 1. The summed E-state index contributed by atoms with van der Waals surface area (Å²) in [6.45, 7) is 3.57. The van der Waals surface area contributed by atoms with E-state index in [4.69, 9.17) is 11.6 Å². The lowest BCUT2D eigenvalue weighted by Gasteiger charge is -2.11. The van der Waals surface area contributed by atoms with Gasteiger partial charge in [0.1, 0.15) is 5.82 Å². The van der Waals surface area contributed by atoms with Crippen LogP contribution < -0.4 is 0 Å². The zero-order valence-corrected chi connectivity index (χ0v) is 10.7. The van der Waals surface area contributed by atoms with Crippen LogP contribution >= 0.6 is 11.6 Å². The van der Waals surface area contributed by atoms with E-state index < -0.39 is 11.8 Å². The van der Waals surface area contributed by atoms with E-state index >= 15 is 0 Å². The molecule has 0 aliphatic carbocycles. The summed E-state index contributed by atoms with van der Waals surface area (Å²) in [7, 11) is 0. The third kappa shape index (κ3) is 1.93. The van der Waals surface area contributed by atoms with E-state index in [0.717, 1.165) is 6.07 Å². The number of aromatic nitrogens is 1. The van der Waals surface area contributed by atoms with E-state index in [0.29, 0.717) is 28.6 Å². The van der Waals surface area contributed by atoms with Gasteiger partial charge in [0, 0.05) is 17.1 Å². The van der Waals surface area contributed by atoms with Crippen molar-refractivity contribution >= 4 is 28.5 Å². The number of aromatic carboxylic acids is 1. The van der Waals surface area contributed by atoms with Gasteiger partial charge in [-0.3, -0.25) is 4.98 Å². The molecule has 1 aromatic carbocycles. The van der Waals surface area contributed by atoms with E-state index in [9.17, 15) is 14.3 Å². The van der Waals surface area contributed by atoms with Crippen LogP contribution in [0.25, 0.3) is 10.9 Å². The Hall–Kier alpha value is -1.68. The number of hydrogen-bond donors (Lipinski definition) is 1. The fourth-order valence-electron chi connectivity index (χ4n) is 2.10. The summed E-state index contributed by atoms with van der Waals surface area (Å²) in [5, 5.41) is 9.59. The van der Waals surface area contributed by atoms with Gasteiger partial charge in [0.2, 0.25) is 0 Å². The minimum absolute atomic E-state index is 0.0993. The molecule has 0 atom stereocenters. The molecule has 3 nitrogen and oxygen atoms in total. The molecular weight excluding hydrogens is 257 g/mol. The molecule has 5 heteroatoms. The second-order valence-corrected chi connectivity index (χ2v) is 4.40. The van der Waals surface area contributed by atoms with Crippen LogP contribution in [0.1, 0.15) is 28.5 Å². The van der Waals surface area contributed by atoms with Gasteiger partial charge in [-0.05, 0) is 25.0 Å². The van der Waals surface area contributed by atoms with E-state index in [-0.39, 0.29) is 10.6 Å². The number of benzene rings is 1. The molecule has 2 rings (SSSR count). The van der Waals surface area contributed by atoms with Crippen molar-refractivity contribution < 1.29 is 14.3 Å². The quantitative estimate of drug-likeness (QED) is 0.904. The summed E-state index contributed by atoms with van der Waals surface area (Å²) in [4.78, 5) is 15.6. The number of nitrogens with zero attached hydrogens (tertiary/aromatic N) is 1. The standard InChI is InChI=1S/C13H11ClFNO2/c1-3-7-6(2)16-11-5-10(15)9(14)4-8(11)12(7)13(17)18/h4-5H,3H2,1-2H3,(H,17,18). The molecule has 0 fully saturated rings. The highest BCUT2D eigenvalue weighted by Crippen LogP contribution is 2.28. The molecule has 94 valence electrons. The number of fused-ring (bicyclic) bond motifs is 1. The van der Waals surface area contributed by atoms with Crippen LogP contribution in [0.3, 0.4) is 0 Å². The Labute approximate surface area is 108 Å². The van der Waals surface area contributed by atoms with Gasteiger partial charge in [-0.1, -0.05) is 18.5 Å². The molecule has 0 amide bonds. The Balaban J connectivity index is 2.97. The summed E-state index contributed by atoms with van der Waals surface area (Å²) < 4.78 is 13.4. The van der Waals surface area contributed by atoms with Crippen LogP contribution in [0.4, 0.5) is 4.39 Å². The Morgan fingerprint density at radius 1 is 1.50 bits per heavy atom. The van der Waals surface area contributed by atoms with Crippen LogP contribution in [0.15, 0.2) is 12.1 Å². The summed E-state index contributed by atoms with van der Waals surface area (Å²) in [5.74, 6) is -1.65. The van der Waals surface area contributed by atoms with Crippen LogP contribution in [0.5, 0.6) is 0 Å². The number of rotatable bonds is 2. The molecule has 1 N–H and O–H groups in total. The van der Waals surface area contributed by atoms with Gasteiger partial charge in [-0.25, -0.2) is 9.18 Å². The second-order valence-electron chi connectivity index (χ2n) is 3.99. The van der Waals surface area contributed by atoms with Crippen LogP contribution in [0, 0.1) is 12.7 Å². The molecular formula is C13H11ClFNO2. The Bertz CT molecular complexity index is 655. The molecule has 0 bridgehead atoms. The molecule has 1 aromatic heterocycles. The number of aryl methyl sites for hydroxylation is 1. The molecule has 1 heterocycles. The van der Waals surface area contributed by atoms with Crippen molar-refractivity contribution in [2.45, 2.75) is 20.3 Å². The first-order valence-corrected chi connectivity index (χ1v) is 5.85. The number of halogens is 2. The van der Waals surface area contributed by atoms with Gasteiger partial charge in [0.25, 0.3) is 0 Å². The molecule has 0 saturated heterocycles. The third-order valence-electron chi connectivity index (χ3n) is 2.90. The molecule has 0 aliphatic heterocycles. The first-order chi connectivity index (χ1) is 8.45. The van der Waals surface area contributed by atoms with Crippen LogP contribution in [0.2, 0.25) is 5.02 Å². The van der Waals surface area contributed by atoms with Crippen molar-refractivity contribution in [3.63, 3.8) is 0 Å². The molecule has 0 radical (unpaired) electrons. The monoisotopic (exact) mass is 267 g/mol. The third-order valence-corrected chi connectivity index (χ3v) is 3.19. The number of hydrogen-bond acceptors (Lipinski definition) is 2. The average molecular weight is 268 g/mol. The van der Waals surface area contributed by atoms with Gasteiger partial charge in [0.05, 0.1) is 16.1 Å². The Morgan fingerprint density at radius 2 is 2.17 bits per heavy atom. The predicted molar refractivity (Wildman–Crippen MR) is 67.8 cm³/mol. The highest BCUT2D eigenvalue weighted by Gasteiger charge is 2.18. The van der Waals surface area contributed by atoms with Crippen molar-refractivity contribution in [1.29, 1.82) is 0 Å². The van der Waals surface area contributed by atoms with Crippen molar-refractivity contribution in [2.24, 2.45) is 0 Å². The van der Waals surface area contributed by atoms with Gasteiger partial charge in [0.15, 0.2) is 0 Å². The van der Waals surface area contributed by atoms with Gasteiger partial charge in [-0.15, -0.1) is 0 Å². The summed E-state index contributed by atoms with van der Waals surface area (Å²) >= 11 is 5.70. The van der Waals surface area contributed by atoms with Crippen molar-refractivity contribution in [1.82, 2.24) is 4.98 Å². The SMILES string of the molecule is CCc1c(C)nc2cc(F)c(Cl)cc2c1C(=O)O. The first-order valence-electron chi connectivity index (χ1n) is 5.47. The average Bonchev–Trinajstić information content (AvgIpc) is 2.29. The predicted octanol–water partition coefficient (Wildman–Crippen LogP) is 3.60. The zero-order valence-electron chi connectivity index (χ0n) is 9.92. The van der Waals surface area contributed by atoms with Crippen molar-refractivity contribution in [3.05, 3.63) is 39.8 Å². The fourth-order valence-corrected chi connectivity index (χ4v) is 2.26. The fraction of sp³-hybridized carbons (Fsp3) is 0.231. The van der Waals surface area contributed by atoms with E-state index in [2.05, 4.69) is 4.98 Å². The van der Waals surface area contributed by atoms with Gasteiger partial charge >= 0.3 is 5.97 Å². The Morgan fingerprint density at radius 3 is 2.72 bits per heavy atom. The van der Waals surface area contributed by atoms with Gasteiger partial charge < -0.3 is 5.11 Å². The number of pyridine rings is 1. The van der Waals surface area contributed by atoms with E-state index in [1.165, 1.54) is 6.07 Å². The highest BCUT2D eigenvalue weighted by atomic mass is 35.5. The minimum Gasteiger partial charge on any atom is -0.478 e. The molecule has 0 aliphatic rings. The molecule has 0 spiro atoms. The van der Waals surface area contributed by atoms with E-state index in [1.807, 2.05) is 6.92 Å². The van der Waals surface area contributed by atoms with Crippen molar-refractivity contribution in [3.8, 4) is 0 Å². The largest absolute Gasteiger partial charge is 0.478 e. The lowest BCUT2D eigenvalue weighted by Crippen LogP contribution is -2.07. The summed E-state index contributed by atoms with van der Waals surface area (Å²) in [6.07, 6.45) is 0.547. The van der Waals surface area contributed by atoms with E-state index in [1.54, 1.807) is 6.92 Å². The first kappa shape index (κ1) is 12.8. The van der Waals surface area contributed by atoms with Crippen LogP contribution in [-0.4, -0.2) is 16.1 Å². The summed E-state index contributed by atoms with van der Waals surface area (Å²) in [5.41, 5.74) is 1.72. The van der Waals surface area contributed by atoms with Gasteiger partial charge in [-0.2, -0.15) is 0 Å². The van der Waals surface area contributed by atoms with Crippen molar-refractivity contribution in [2.75, 3.05) is 0 Å². The molecule has 0 unspecified atom stereocenters. The topological polar surface area (TPSA) is 50.2 Å². The normalized spacial score (nSPS) is 10.9. The maximum absolute atomic E-state index is 13.4. The lowest BCUT2D eigenvalue weighted by molar-refractivity contribution is 0.0697. The maximum atomic E-state index is 13.4. The Kier molecular flexibility index (Phi) is 3.22. The minimum atomic E-state index is -1.05. The van der Waals surface area contributed by atoms with Crippen LogP contribution in [-0.2, 0) is 6.42 Å². The zero-order chi connectivity index (χ0) is 13.4.